The first kappa shape index (κ1) is 19.2. The molecule has 5 nitrogen and oxygen atoms in total. The van der Waals surface area contributed by atoms with Gasteiger partial charge in [0.15, 0.2) is 12.3 Å². The molecule has 0 bridgehead atoms. The van der Waals surface area contributed by atoms with Crippen LogP contribution in [0, 0.1) is 0 Å². The number of esters is 1. The largest absolute Gasteiger partial charge is 0.451 e. The quantitative estimate of drug-likeness (QED) is 0.513. The Kier molecular flexibility index (Phi) is 5.63. The van der Waals surface area contributed by atoms with E-state index in [1.165, 1.54) is 0 Å². The van der Waals surface area contributed by atoms with Crippen molar-refractivity contribution >= 4 is 64.0 Å². The molecule has 2 heterocycles. The van der Waals surface area contributed by atoms with Crippen molar-refractivity contribution in [1.29, 1.82) is 0 Å². The molecule has 26 heavy (non-hydrogen) atoms. The van der Waals surface area contributed by atoms with Crippen LogP contribution in [-0.4, -0.2) is 29.5 Å². The summed E-state index contributed by atoms with van der Waals surface area (Å²) in [4.78, 5) is 30.2. The monoisotopic (exact) mass is 432 g/mol. The molecular weight excluding hydrogens is 422 g/mol. The molecule has 1 amide bonds. The number of fused-ring (bicyclic) bond motifs is 1. The van der Waals surface area contributed by atoms with Gasteiger partial charge in [-0.05, 0) is 25.0 Å². The number of ether oxygens (including phenoxy) is 1. The smallest absolute Gasteiger partial charge is 0.359 e. The third-order valence-electron chi connectivity index (χ3n) is 3.98. The first-order valence-corrected chi connectivity index (χ1v) is 9.09. The summed E-state index contributed by atoms with van der Waals surface area (Å²) in [7, 11) is 0. The summed E-state index contributed by atoms with van der Waals surface area (Å²) in [5.74, 6) is -1.26. The molecule has 3 rings (SSSR count). The van der Waals surface area contributed by atoms with Gasteiger partial charge in [0.25, 0.3) is 5.91 Å². The third kappa shape index (κ3) is 3.49. The SMILES string of the molecule is CC1Cc2ccccc2N1C(=O)COC(=O)c1nc(Cl)c(Cl)c(Cl)c1Cl. The van der Waals surface area contributed by atoms with Gasteiger partial charge in [-0.1, -0.05) is 64.6 Å². The molecule has 1 aliphatic heterocycles. The van der Waals surface area contributed by atoms with Crippen molar-refractivity contribution in [3.05, 3.63) is 55.7 Å². The molecule has 1 unspecified atom stereocenters. The summed E-state index contributed by atoms with van der Waals surface area (Å²) < 4.78 is 5.06. The summed E-state index contributed by atoms with van der Waals surface area (Å²) >= 11 is 23.5. The Morgan fingerprint density at radius 2 is 1.85 bits per heavy atom. The van der Waals surface area contributed by atoms with E-state index < -0.39 is 12.6 Å². The summed E-state index contributed by atoms with van der Waals surface area (Å²) in [6, 6.07) is 7.56. The Morgan fingerprint density at radius 3 is 2.58 bits per heavy atom. The fourth-order valence-corrected chi connectivity index (χ4v) is 3.64. The van der Waals surface area contributed by atoms with E-state index in [4.69, 9.17) is 51.1 Å². The number of carbonyl (C=O) groups excluding carboxylic acids is 2. The van der Waals surface area contributed by atoms with E-state index in [1.54, 1.807) is 4.90 Å². The maximum absolute atomic E-state index is 12.5. The highest BCUT2D eigenvalue weighted by Crippen LogP contribution is 2.36. The molecule has 0 aliphatic carbocycles. The van der Waals surface area contributed by atoms with Crippen LogP contribution in [0.25, 0.3) is 0 Å². The zero-order chi connectivity index (χ0) is 19.0. The summed E-state index contributed by atoms with van der Waals surface area (Å²) in [5, 5.41) is -0.526. The summed E-state index contributed by atoms with van der Waals surface area (Å²) in [6.07, 6.45) is 0.742. The van der Waals surface area contributed by atoms with Crippen molar-refractivity contribution in [3.63, 3.8) is 0 Å². The van der Waals surface area contributed by atoms with Crippen LogP contribution >= 0.6 is 46.4 Å². The zero-order valence-electron chi connectivity index (χ0n) is 13.4. The van der Waals surface area contributed by atoms with E-state index in [9.17, 15) is 9.59 Å². The molecule has 9 heteroatoms. The average Bonchev–Trinajstić information content (AvgIpc) is 2.96. The number of hydrogen-bond acceptors (Lipinski definition) is 4. The van der Waals surface area contributed by atoms with Gasteiger partial charge in [-0.15, -0.1) is 0 Å². The Hall–Kier alpha value is -1.53. The molecule has 2 aromatic rings. The summed E-state index contributed by atoms with van der Waals surface area (Å²) in [6.45, 7) is 1.46. The van der Waals surface area contributed by atoms with Gasteiger partial charge in [-0.25, -0.2) is 9.78 Å². The van der Waals surface area contributed by atoms with E-state index in [-0.39, 0.29) is 37.9 Å². The Morgan fingerprint density at radius 1 is 1.15 bits per heavy atom. The minimum Gasteiger partial charge on any atom is -0.451 e. The minimum atomic E-state index is -0.913. The number of amides is 1. The van der Waals surface area contributed by atoms with E-state index in [2.05, 4.69) is 4.98 Å². The fraction of sp³-hybridized carbons (Fsp3) is 0.235. The van der Waals surface area contributed by atoms with Crippen LogP contribution in [0.4, 0.5) is 5.69 Å². The number of aromatic nitrogens is 1. The molecule has 1 aromatic carbocycles. The number of benzene rings is 1. The first-order valence-electron chi connectivity index (χ1n) is 7.58. The van der Waals surface area contributed by atoms with Crippen molar-refractivity contribution in [3.8, 4) is 0 Å². The maximum Gasteiger partial charge on any atom is 0.359 e. The van der Waals surface area contributed by atoms with E-state index in [0.29, 0.717) is 0 Å². The number of para-hydroxylation sites is 1. The average molecular weight is 434 g/mol. The fourth-order valence-electron chi connectivity index (χ4n) is 2.83. The maximum atomic E-state index is 12.5. The molecule has 0 radical (unpaired) electrons. The van der Waals surface area contributed by atoms with Crippen molar-refractivity contribution < 1.29 is 14.3 Å². The molecule has 1 aliphatic rings. The van der Waals surface area contributed by atoms with Gasteiger partial charge < -0.3 is 9.64 Å². The summed E-state index contributed by atoms with van der Waals surface area (Å²) in [5.41, 5.74) is 1.59. The zero-order valence-corrected chi connectivity index (χ0v) is 16.5. The Bertz CT molecular complexity index is 904. The normalized spacial score (nSPS) is 15.7. The van der Waals surface area contributed by atoms with Gasteiger partial charge in [0.05, 0.1) is 15.1 Å². The number of anilines is 1. The second kappa shape index (κ2) is 7.61. The minimum absolute atomic E-state index is 0.0280. The standard InChI is InChI=1S/C17H12Cl4N2O3/c1-8-6-9-4-2-3-5-10(9)23(8)11(24)7-26-17(25)15-13(19)12(18)14(20)16(21)22-15/h2-5,8H,6-7H2,1H3. The first-order chi connectivity index (χ1) is 12.3. The van der Waals surface area contributed by atoms with Crippen molar-refractivity contribution in [2.24, 2.45) is 0 Å². The predicted octanol–water partition coefficient (Wildman–Crippen LogP) is 4.83. The lowest BCUT2D eigenvalue weighted by atomic mass is 10.1. The van der Waals surface area contributed by atoms with Crippen LogP contribution in [0.15, 0.2) is 24.3 Å². The molecule has 1 atom stereocenters. The van der Waals surface area contributed by atoms with E-state index in [0.717, 1.165) is 17.7 Å². The molecular formula is C17H12Cl4N2O3. The number of halogens is 4. The Balaban J connectivity index is 1.74. The molecule has 1 aromatic heterocycles. The lowest BCUT2D eigenvalue weighted by Gasteiger charge is -2.22. The Labute approximate surface area is 169 Å². The highest BCUT2D eigenvalue weighted by Gasteiger charge is 2.31. The van der Waals surface area contributed by atoms with Crippen molar-refractivity contribution in [1.82, 2.24) is 4.98 Å². The van der Waals surface area contributed by atoms with Gasteiger partial charge in [-0.3, -0.25) is 4.79 Å². The van der Waals surface area contributed by atoms with Crippen LogP contribution < -0.4 is 4.90 Å². The van der Waals surface area contributed by atoms with Gasteiger partial charge in [0, 0.05) is 11.7 Å². The number of hydrogen-bond donors (Lipinski definition) is 0. The van der Waals surface area contributed by atoms with Crippen molar-refractivity contribution in [2.75, 3.05) is 11.5 Å². The number of nitrogens with zero attached hydrogens (tertiary/aromatic N) is 2. The number of rotatable bonds is 3. The predicted molar refractivity (Wildman–Crippen MR) is 102 cm³/mol. The number of pyridine rings is 1. The molecule has 0 saturated carbocycles. The lowest BCUT2D eigenvalue weighted by molar-refractivity contribution is -0.122. The van der Waals surface area contributed by atoms with Crippen LogP contribution in [-0.2, 0) is 16.0 Å². The van der Waals surface area contributed by atoms with Crippen molar-refractivity contribution in [2.45, 2.75) is 19.4 Å². The van der Waals surface area contributed by atoms with E-state index in [1.807, 2.05) is 31.2 Å². The second-order valence-corrected chi connectivity index (χ2v) is 7.21. The molecule has 136 valence electrons. The van der Waals surface area contributed by atoms with Gasteiger partial charge >= 0.3 is 5.97 Å². The second-order valence-electron chi connectivity index (χ2n) is 5.71. The van der Waals surface area contributed by atoms with E-state index >= 15 is 0 Å². The topological polar surface area (TPSA) is 59.5 Å². The van der Waals surface area contributed by atoms with Crippen LogP contribution in [0.3, 0.4) is 0 Å². The van der Waals surface area contributed by atoms with Crippen LogP contribution in [0.2, 0.25) is 20.2 Å². The van der Waals surface area contributed by atoms with Gasteiger partial charge in [-0.2, -0.15) is 0 Å². The van der Waals surface area contributed by atoms with Crippen LogP contribution in [0.1, 0.15) is 23.0 Å². The lowest BCUT2D eigenvalue weighted by Crippen LogP contribution is -2.38. The third-order valence-corrected chi connectivity index (χ3v) is 5.66. The number of carbonyl (C=O) groups is 2. The highest BCUT2D eigenvalue weighted by atomic mass is 35.5. The molecule has 0 saturated heterocycles. The van der Waals surface area contributed by atoms with Gasteiger partial charge in [0.2, 0.25) is 0 Å². The molecule has 0 fully saturated rings. The van der Waals surface area contributed by atoms with Crippen LogP contribution in [0.5, 0.6) is 0 Å². The van der Waals surface area contributed by atoms with Gasteiger partial charge in [0.1, 0.15) is 5.15 Å². The molecule has 0 N–H and O–H groups in total. The molecule has 0 spiro atoms. The highest BCUT2D eigenvalue weighted by molar-refractivity contribution is 6.52.